The van der Waals surface area contributed by atoms with Crippen molar-refractivity contribution in [3.05, 3.63) is 29.8 Å². The lowest BCUT2D eigenvalue weighted by molar-refractivity contribution is 0.564. The molecule has 3 N–H and O–H groups in total. The van der Waals surface area contributed by atoms with Crippen LogP contribution in [0.5, 0.6) is 0 Å². The number of benzene rings is 1. The summed E-state index contributed by atoms with van der Waals surface area (Å²) in [6.07, 6.45) is 1.06. The average molecular weight is 306 g/mol. The van der Waals surface area contributed by atoms with Crippen LogP contribution in [0, 0.1) is 0 Å². The van der Waals surface area contributed by atoms with E-state index in [4.69, 9.17) is 5.73 Å². The maximum absolute atomic E-state index is 12.0. The Morgan fingerprint density at radius 1 is 1.26 bits per heavy atom. The van der Waals surface area contributed by atoms with E-state index in [1.54, 1.807) is 12.1 Å². The van der Waals surface area contributed by atoms with E-state index in [2.05, 4.69) is 4.72 Å². The summed E-state index contributed by atoms with van der Waals surface area (Å²) < 4.78 is 48.7. The van der Waals surface area contributed by atoms with Crippen LogP contribution in [0.25, 0.3) is 0 Å². The molecule has 1 rings (SSSR count). The molecule has 0 saturated heterocycles. The fourth-order valence-electron chi connectivity index (χ4n) is 1.66. The van der Waals surface area contributed by atoms with E-state index >= 15 is 0 Å². The second-order valence-electron chi connectivity index (χ2n) is 4.47. The lowest BCUT2D eigenvalue weighted by Gasteiger charge is -2.13. The first-order chi connectivity index (χ1) is 8.64. The van der Waals surface area contributed by atoms with Crippen molar-refractivity contribution in [1.29, 1.82) is 0 Å². The quantitative estimate of drug-likeness (QED) is 0.760. The van der Waals surface area contributed by atoms with Gasteiger partial charge in [-0.2, -0.15) is 0 Å². The first-order valence-electron chi connectivity index (χ1n) is 5.63. The highest BCUT2D eigenvalue weighted by Crippen LogP contribution is 2.12. The van der Waals surface area contributed by atoms with Crippen molar-refractivity contribution in [2.24, 2.45) is 5.73 Å². The molecule has 108 valence electrons. The summed E-state index contributed by atoms with van der Waals surface area (Å²) in [7, 11) is -6.97. The zero-order chi connectivity index (χ0) is 14.7. The first kappa shape index (κ1) is 16.1. The number of sulfone groups is 1. The van der Waals surface area contributed by atoms with Crippen molar-refractivity contribution < 1.29 is 16.8 Å². The summed E-state index contributed by atoms with van der Waals surface area (Å²) in [4.78, 5) is 0.0794. The molecule has 0 aliphatic heterocycles. The van der Waals surface area contributed by atoms with Gasteiger partial charge in [-0.15, -0.1) is 0 Å². The number of nitrogens with two attached hydrogens (primary N) is 1. The molecule has 0 fully saturated rings. The lowest BCUT2D eigenvalue weighted by Crippen LogP contribution is -2.37. The maximum Gasteiger partial charge on any atom is 0.240 e. The minimum absolute atomic E-state index is 0.0794. The molecule has 0 spiro atoms. The topological polar surface area (TPSA) is 106 Å². The van der Waals surface area contributed by atoms with Crippen LogP contribution in [0.4, 0.5) is 0 Å². The fourth-order valence-corrected chi connectivity index (χ4v) is 4.07. The van der Waals surface area contributed by atoms with Crippen molar-refractivity contribution in [3.8, 4) is 0 Å². The van der Waals surface area contributed by atoms with Gasteiger partial charge in [0.25, 0.3) is 0 Å². The second-order valence-corrected chi connectivity index (χ2v) is 8.37. The Labute approximate surface area is 114 Å². The van der Waals surface area contributed by atoms with Gasteiger partial charge in [-0.1, -0.05) is 12.1 Å². The van der Waals surface area contributed by atoms with Gasteiger partial charge < -0.3 is 5.73 Å². The first-order valence-corrected chi connectivity index (χ1v) is 9.17. The molecule has 1 atom stereocenters. The third-order valence-corrected chi connectivity index (χ3v) is 5.05. The van der Waals surface area contributed by atoms with Crippen molar-refractivity contribution in [2.45, 2.75) is 24.4 Å². The molecular weight excluding hydrogens is 288 g/mol. The SMILES string of the molecule is CC(CS(C)(=O)=O)NS(=O)(=O)c1cccc(CN)c1. The predicted octanol–water partition coefficient (Wildman–Crippen LogP) is -0.143. The monoisotopic (exact) mass is 306 g/mol. The molecule has 8 heteroatoms. The lowest BCUT2D eigenvalue weighted by atomic mass is 10.2. The summed E-state index contributed by atoms with van der Waals surface area (Å²) in [5, 5.41) is 0. The third-order valence-electron chi connectivity index (χ3n) is 2.35. The van der Waals surface area contributed by atoms with E-state index < -0.39 is 25.9 Å². The van der Waals surface area contributed by atoms with Gasteiger partial charge in [-0.05, 0) is 24.6 Å². The van der Waals surface area contributed by atoms with Crippen LogP contribution in [0.1, 0.15) is 12.5 Å². The van der Waals surface area contributed by atoms with Crippen LogP contribution in [0.15, 0.2) is 29.2 Å². The van der Waals surface area contributed by atoms with Crippen LogP contribution in [-0.4, -0.2) is 34.9 Å². The molecule has 1 unspecified atom stereocenters. The van der Waals surface area contributed by atoms with Crippen LogP contribution >= 0.6 is 0 Å². The van der Waals surface area contributed by atoms with E-state index in [1.807, 2.05) is 0 Å². The summed E-state index contributed by atoms with van der Waals surface area (Å²) in [6, 6.07) is 5.53. The number of hydrogen-bond acceptors (Lipinski definition) is 5. The van der Waals surface area contributed by atoms with Gasteiger partial charge in [0, 0.05) is 18.8 Å². The van der Waals surface area contributed by atoms with Gasteiger partial charge in [-0.3, -0.25) is 0 Å². The van der Waals surface area contributed by atoms with Crippen molar-refractivity contribution >= 4 is 19.9 Å². The highest BCUT2D eigenvalue weighted by atomic mass is 32.2. The maximum atomic E-state index is 12.0. The highest BCUT2D eigenvalue weighted by Gasteiger charge is 2.20. The Bertz CT molecular complexity index is 638. The molecule has 1 aromatic carbocycles. The van der Waals surface area contributed by atoms with Crippen molar-refractivity contribution in [2.75, 3.05) is 12.0 Å². The van der Waals surface area contributed by atoms with E-state index in [-0.39, 0.29) is 17.2 Å². The number of hydrogen-bond donors (Lipinski definition) is 2. The third kappa shape index (κ3) is 5.27. The van der Waals surface area contributed by atoms with Crippen molar-refractivity contribution in [1.82, 2.24) is 4.72 Å². The van der Waals surface area contributed by atoms with Gasteiger partial charge in [0.15, 0.2) is 0 Å². The molecule has 0 amide bonds. The van der Waals surface area contributed by atoms with Gasteiger partial charge in [0.2, 0.25) is 10.0 Å². The molecule has 0 heterocycles. The predicted molar refractivity (Wildman–Crippen MR) is 73.8 cm³/mol. The Hall–Kier alpha value is -0.960. The Morgan fingerprint density at radius 3 is 2.42 bits per heavy atom. The van der Waals surface area contributed by atoms with E-state index in [1.165, 1.54) is 19.1 Å². The van der Waals surface area contributed by atoms with Crippen molar-refractivity contribution in [3.63, 3.8) is 0 Å². The molecule has 6 nitrogen and oxygen atoms in total. The van der Waals surface area contributed by atoms with Crippen LogP contribution in [0.3, 0.4) is 0 Å². The van der Waals surface area contributed by atoms with Gasteiger partial charge in [-0.25, -0.2) is 21.6 Å². The number of rotatable bonds is 6. The Morgan fingerprint density at radius 2 is 1.89 bits per heavy atom. The number of nitrogens with one attached hydrogen (secondary N) is 1. The second kappa shape index (κ2) is 6.00. The Kier molecular flexibility index (Phi) is 5.08. The standard InChI is InChI=1S/C11H18N2O4S2/c1-9(8-18(2,14)15)13-19(16,17)11-5-3-4-10(6-11)7-12/h3-6,9,13H,7-8,12H2,1-2H3. The normalized spacial score (nSPS) is 14.3. The summed E-state index contributed by atoms with van der Waals surface area (Å²) in [5.41, 5.74) is 6.15. The smallest absolute Gasteiger partial charge is 0.240 e. The van der Waals surface area contributed by atoms with Gasteiger partial charge in [0.05, 0.1) is 10.6 Å². The van der Waals surface area contributed by atoms with Crippen LogP contribution < -0.4 is 10.5 Å². The molecule has 0 aromatic heterocycles. The fraction of sp³-hybridized carbons (Fsp3) is 0.455. The zero-order valence-corrected chi connectivity index (χ0v) is 12.5. The molecule has 0 aliphatic rings. The largest absolute Gasteiger partial charge is 0.326 e. The molecule has 0 bridgehead atoms. The minimum Gasteiger partial charge on any atom is -0.326 e. The van der Waals surface area contributed by atoms with E-state index in [0.29, 0.717) is 5.56 Å². The summed E-state index contributed by atoms with van der Waals surface area (Å²) in [5.74, 6) is -0.247. The highest BCUT2D eigenvalue weighted by molar-refractivity contribution is 7.91. The summed E-state index contributed by atoms with van der Waals surface area (Å²) >= 11 is 0. The van der Waals surface area contributed by atoms with E-state index in [9.17, 15) is 16.8 Å². The minimum atomic E-state index is -3.73. The molecule has 19 heavy (non-hydrogen) atoms. The molecule has 0 aliphatic carbocycles. The molecule has 0 radical (unpaired) electrons. The zero-order valence-electron chi connectivity index (χ0n) is 10.8. The molecular formula is C11H18N2O4S2. The number of sulfonamides is 1. The molecule has 1 aromatic rings. The summed E-state index contributed by atoms with van der Waals surface area (Å²) in [6.45, 7) is 1.74. The van der Waals surface area contributed by atoms with Crippen LogP contribution in [0.2, 0.25) is 0 Å². The molecule has 0 saturated carbocycles. The van der Waals surface area contributed by atoms with E-state index in [0.717, 1.165) is 6.26 Å². The average Bonchev–Trinajstić information content (AvgIpc) is 2.25. The van der Waals surface area contributed by atoms with Gasteiger partial charge >= 0.3 is 0 Å². The van der Waals surface area contributed by atoms with Crippen LogP contribution in [-0.2, 0) is 26.4 Å². The Balaban J connectivity index is 2.92. The van der Waals surface area contributed by atoms with Gasteiger partial charge in [0.1, 0.15) is 9.84 Å².